The summed E-state index contributed by atoms with van der Waals surface area (Å²) in [5, 5.41) is 1.15. The molecule has 2 aromatic carbocycles. The van der Waals surface area contributed by atoms with E-state index in [0.29, 0.717) is 10.6 Å². The van der Waals surface area contributed by atoms with E-state index in [-0.39, 0.29) is 20.6 Å². The third-order valence-electron chi connectivity index (χ3n) is 2.22. The highest BCUT2D eigenvalue weighted by Gasteiger charge is 2.16. The Hall–Kier alpha value is -0.470. The molecule has 0 atom stereocenters. The zero-order chi connectivity index (χ0) is 12.6. The second-order valence-electron chi connectivity index (χ2n) is 3.34. The van der Waals surface area contributed by atoms with Gasteiger partial charge >= 0.3 is 0 Å². The summed E-state index contributed by atoms with van der Waals surface area (Å²) in [5.74, 6) is -0.483. The topological polar surface area (TPSA) is 0 Å². The minimum atomic E-state index is -0.483. The summed E-state index contributed by atoms with van der Waals surface area (Å²) in [4.78, 5) is 0. The van der Waals surface area contributed by atoms with Crippen molar-refractivity contribution in [3.8, 4) is 11.1 Å². The molecule has 17 heavy (non-hydrogen) atoms. The van der Waals surface area contributed by atoms with Crippen molar-refractivity contribution < 1.29 is 4.39 Å². The molecule has 0 N–H and O–H groups in total. The first-order chi connectivity index (χ1) is 8.00. The first-order valence-corrected chi connectivity index (χ1v) is 6.11. The fraction of sp³-hybridized carbons (Fsp3) is 0. The Balaban J connectivity index is 2.77. The fourth-order valence-electron chi connectivity index (χ4n) is 1.52. The molecule has 0 spiro atoms. The minimum Gasteiger partial charge on any atom is -0.206 e. The van der Waals surface area contributed by atoms with E-state index in [0.717, 1.165) is 0 Å². The molecular weight excluding hydrogens is 305 g/mol. The number of hydrogen-bond acceptors (Lipinski definition) is 0. The van der Waals surface area contributed by atoms with Crippen molar-refractivity contribution in [3.05, 3.63) is 56.2 Å². The molecule has 0 saturated heterocycles. The molecule has 0 fully saturated rings. The third kappa shape index (κ3) is 2.53. The van der Waals surface area contributed by atoms with Gasteiger partial charge in [0.2, 0.25) is 0 Å². The van der Waals surface area contributed by atoms with E-state index in [1.165, 1.54) is 24.3 Å². The van der Waals surface area contributed by atoms with Crippen molar-refractivity contribution in [2.45, 2.75) is 0 Å². The van der Waals surface area contributed by atoms with Crippen LogP contribution in [0.4, 0.5) is 4.39 Å². The van der Waals surface area contributed by atoms with Gasteiger partial charge in [0.15, 0.2) is 0 Å². The Bertz CT molecular complexity index is 537. The summed E-state index contributed by atoms with van der Waals surface area (Å²) in [6, 6.07) is 7.36. The largest absolute Gasteiger partial charge is 0.206 e. The molecule has 2 rings (SSSR count). The molecule has 0 amide bonds. The molecule has 0 aromatic heterocycles. The van der Waals surface area contributed by atoms with Crippen molar-refractivity contribution in [3.63, 3.8) is 0 Å². The minimum absolute atomic E-state index is 0.181. The standard InChI is InChI=1S/C12H5Cl4F/c13-6-4-8(15)11(9(16)5-6)12-7(14)2-1-3-10(12)17/h1-5H. The van der Waals surface area contributed by atoms with Crippen molar-refractivity contribution in [2.75, 3.05) is 0 Å². The van der Waals surface area contributed by atoms with E-state index >= 15 is 0 Å². The maximum absolute atomic E-state index is 13.8. The Morgan fingerprint density at radius 3 is 1.88 bits per heavy atom. The van der Waals surface area contributed by atoms with Gasteiger partial charge in [-0.25, -0.2) is 4.39 Å². The molecule has 0 saturated carbocycles. The monoisotopic (exact) mass is 308 g/mol. The van der Waals surface area contributed by atoms with Gasteiger partial charge in [-0.3, -0.25) is 0 Å². The Morgan fingerprint density at radius 2 is 1.35 bits per heavy atom. The number of benzene rings is 2. The van der Waals surface area contributed by atoms with Crippen LogP contribution in [0.1, 0.15) is 0 Å². The lowest BCUT2D eigenvalue weighted by molar-refractivity contribution is 0.631. The lowest BCUT2D eigenvalue weighted by Gasteiger charge is -2.10. The van der Waals surface area contributed by atoms with Crippen LogP contribution in [0.2, 0.25) is 20.1 Å². The zero-order valence-electron chi connectivity index (χ0n) is 8.28. The van der Waals surface area contributed by atoms with Gasteiger partial charge in [0.25, 0.3) is 0 Å². The summed E-state index contributed by atoms with van der Waals surface area (Å²) in [7, 11) is 0. The van der Waals surface area contributed by atoms with Crippen LogP contribution in [0.5, 0.6) is 0 Å². The van der Waals surface area contributed by atoms with E-state index in [1.807, 2.05) is 0 Å². The van der Waals surface area contributed by atoms with Gasteiger partial charge in [0.05, 0.1) is 15.1 Å². The lowest BCUT2D eigenvalue weighted by Crippen LogP contribution is -1.88. The molecule has 0 aliphatic carbocycles. The van der Waals surface area contributed by atoms with E-state index in [2.05, 4.69) is 0 Å². The van der Waals surface area contributed by atoms with Gasteiger partial charge in [-0.15, -0.1) is 0 Å². The zero-order valence-corrected chi connectivity index (χ0v) is 11.3. The molecular formula is C12H5Cl4F. The third-order valence-corrected chi connectivity index (χ3v) is 3.35. The van der Waals surface area contributed by atoms with Crippen LogP contribution in [-0.2, 0) is 0 Å². The Labute approximate surface area is 118 Å². The predicted octanol–water partition coefficient (Wildman–Crippen LogP) is 6.11. The van der Waals surface area contributed by atoms with Crippen LogP contribution in [0.25, 0.3) is 11.1 Å². The number of hydrogen-bond donors (Lipinski definition) is 0. The molecule has 0 heterocycles. The molecule has 2 aromatic rings. The van der Waals surface area contributed by atoms with Crippen LogP contribution in [0.15, 0.2) is 30.3 Å². The number of halogens is 5. The summed E-state index contributed by atoms with van der Waals surface area (Å²) in [6.07, 6.45) is 0. The summed E-state index contributed by atoms with van der Waals surface area (Å²) < 4.78 is 13.8. The summed E-state index contributed by atoms with van der Waals surface area (Å²) in [5.41, 5.74) is 0.529. The fourth-order valence-corrected chi connectivity index (χ4v) is 2.78. The van der Waals surface area contributed by atoms with E-state index < -0.39 is 5.82 Å². The Morgan fingerprint density at radius 1 is 0.765 bits per heavy atom. The maximum atomic E-state index is 13.8. The second-order valence-corrected chi connectivity index (χ2v) is 5.00. The molecule has 0 bridgehead atoms. The van der Waals surface area contributed by atoms with Crippen molar-refractivity contribution >= 4 is 46.4 Å². The van der Waals surface area contributed by atoms with E-state index in [1.54, 1.807) is 6.07 Å². The molecule has 0 aliphatic heterocycles. The van der Waals surface area contributed by atoms with Gasteiger partial charge < -0.3 is 0 Å². The van der Waals surface area contributed by atoms with Crippen LogP contribution < -0.4 is 0 Å². The van der Waals surface area contributed by atoms with Crippen molar-refractivity contribution in [2.24, 2.45) is 0 Å². The van der Waals surface area contributed by atoms with E-state index in [9.17, 15) is 4.39 Å². The van der Waals surface area contributed by atoms with Gasteiger partial charge in [0.1, 0.15) is 5.82 Å². The maximum Gasteiger partial charge on any atom is 0.132 e. The van der Waals surface area contributed by atoms with E-state index in [4.69, 9.17) is 46.4 Å². The highest BCUT2D eigenvalue weighted by Crippen LogP contribution is 2.41. The van der Waals surface area contributed by atoms with Gasteiger partial charge in [-0.05, 0) is 24.3 Å². The van der Waals surface area contributed by atoms with Crippen molar-refractivity contribution in [1.29, 1.82) is 0 Å². The van der Waals surface area contributed by atoms with Gasteiger partial charge in [-0.1, -0.05) is 52.5 Å². The Kier molecular flexibility index (Phi) is 3.84. The molecule has 0 nitrogen and oxygen atoms in total. The normalized spacial score (nSPS) is 10.6. The molecule has 0 unspecified atom stereocenters. The lowest BCUT2D eigenvalue weighted by atomic mass is 10.0. The van der Waals surface area contributed by atoms with Gasteiger partial charge in [-0.2, -0.15) is 0 Å². The first-order valence-electron chi connectivity index (χ1n) is 4.59. The SMILES string of the molecule is Fc1cccc(Cl)c1-c1c(Cl)cc(Cl)cc1Cl. The smallest absolute Gasteiger partial charge is 0.132 e. The van der Waals surface area contributed by atoms with Crippen molar-refractivity contribution in [1.82, 2.24) is 0 Å². The van der Waals surface area contributed by atoms with Crippen LogP contribution >= 0.6 is 46.4 Å². The quantitative estimate of drug-likeness (QED) is 0.596. The summed E-state index contributed by atoms with van der Waals surface area (Å²) in [6.45, 7) is 0. The van der Waals surface area contributed by atoms with Crippen LogP contribution in [0, 0.1) is 5.82 Å². The summed E-state index contributed by atoms with van der Waals surface area (Å²) >= 11 is 23.8. The molecule has 88 valence electrons. The predicted molar refractivity (Wildman–Crippen MR) is 71.9 cm³/mol. The van der Waals surface area contributed by atoms with Crippen LogP contribution in [0.3, 0.4) is 0 Å². The highest BCUT2D eigenvalue weighted by atomic mass is 35.5. The molecule has 0 radical (unpaired) electrons. The van der Waals surface area contributed by atoms with Crippen LogP contribution in [-0.4, -0.2) is 0 Å². The first kappa shape index (κ1) is 13.0. The van der Waals surface area contributed by atoms with Gasteiger partial charge in [0, 0.05) is 16.1 Å². The average molecular weight is 310 g/mol. The highest BCUT2D eigenvalue weighted by molar-refractivity contribution is 6.43. The average Bonchev–Trinajstić information content (AvgIpc) is 2.21. The molecule has 0 aliphatic rings. The second kappa shape index (κ2) is 5.03. The molecule has 5 heteroatoms. The number of rotatable bonds is 1.